The highest BCUT2D eigenvalue weighted by Gasteiger charge is 2.12. The second-order valence-corrected chi connectivity index (χ2v) is 8.10. The SMILES string of the molecule is CC(NC(=NCC(=O)N(C)C)NCCCN1CCOCC1)c1cccc(-n2cccn2)c1.I. The summed E-state index contributed by atoms with van der Waals surface area (Å²) in [5.74, 6) is 0.604. The second kappa shape index (κ2) is 14.2. The number of nitrogens with zero attached hydrogens (tertiary/aromatic N) is 5. The van der Waals surface area contributed by atoms with Gasteiger partial charge in [-0.15, -0.1) is 24.0 Å². The van der Waals surface area contributed by atoms with E-state index in [2.05, 4.69) is 44.7 Å². The molecule has 2 N–H and O–H groups in total. The summed E-state index contributed by atoms with van der Waals surface area (Å²) in [5.41, 5.74) is 2.11. The first-order valence-corrected chi connectivity index (χ1v) is 11.2. The van der Waals surface area contributed by atoms with Gasteiger partial charge in [-0.05, 0) is 43.7 Å². The smallest absolute Gasteiger partial charge is 0.243 e. The largest absolute Gasteiger partial charge is 0.379 e. The molecule has 1 atom stereocenters. The van der Waals surface area contributed by atoms with E-state index in [0.29, 0.717) is 5.96 Å². The molecule has 1 saturated heterocycles. The molecule has 0 aliphatic carbocycles. The van der Waals surface area contributed by atoms with Crippen LogP contribution in [0.15, 0.2) is 47.7 Å². The van der Waals surface area contributed by atoms with Gasteiger partial charge in [0.15, 0.2) is 5.96 Å². The zero-order valence-electron chi connectivity index (χ0n) is 19.7. The van der Waals surface area contributed by atoms with E-state index in [-0.39, 0.29) is 42.5 Å². The monoisotopic (exact) mass is 569 g/mol. The van der Waals surface area contributed by atoms with Crippen LogP contribution in [0.4, 0.5) is 0 Å². The Labute approximate surface area is 213 Å². The molecular formula is C23H36IN7O2. The number of hydrogen-bond acceptors (Lipinski definition) is 5. The van der Waals surface area contributed by atoms with E-state index in [9.17, 15) is 4.79 Å². The maximum Gasteiger partial charge on any atom is 0.243 e. The van der Waals surface area contributed by atoms with Gasteiger partial charge in [-0.2, -0.15) is 5.10 Å². The van der Waals surface area contributed by atoms with Crippen LogP contribution in [-0.2, 0) is 9.53 Å². The number of aliphatic imine (C=N–C) groups is 1. The predicted octanol–water partition coefficient (Wildman–Crippen LogP) is 1.90. The number of halogens is 1. The molecule has 0 bridgehead atoms. The number of benzene rings is 1. The predicted molar refractivity (Wildman–Crippen MR) is 141 cm³/mol. The fourth-order valence-corrected chi connectivity index (χ4v) is 3.42. The maximum atomic E-state index is 12.1. The maximum absolute atomic E-state index is 12.1. The summed E-state index contributed by atoms with van der Waals surface area (Å²) in [6.45, 7) is 7.57. The molecule has 0 spiro atoms. The van der Waals surface area contributed by atoms with E-state index in [1.54, 1.807) is 25.2 Å². The minimum Gasteiger partial charge on any atom is -0.379 e. The van der Waals surface area contributed by atoms with Crippen LogP contribution in [-0.4, -0.2) is 91.5 Å². The van der Waals surface area contributed by atoms with E-state index in [1.807, 2.05) is 29.1 Å². The zero-order chi connectivity index (χ0) is 22.8. The van der Waals surface area contributed by atoms with Gasteiger partial charge in [0.05, 0.1) is 24.9 Å². The third-order valence-corrected chi connectivity index (χ3v) is 5.41. The van der Waals surface area contributed by atoms with Crippen molar-refractivity contribution in [2.75, 3.05) is 60.0 Å². The molecule has 0 radical (unpaired) electrons. The number of rotatable bonds is 9. The lowest BCUT2D eigenvalue weighted by atomic mass is 10.1. The summed E-state index contributed by atoms with van der Waals surface area (Å²) in [7, 11) is 3.48. The Kier molecular flexibility index (Phi) is 11.6. The number of ether oxygens (including phenoxy) is 1. The van der Waals surface area contributed by atoms with Crippen LogP contribution in [0.1, 0.15) is 24.9 Å². The van der Waals surface area contributed by atoms with Gasteiger partial charge in [-0.3, -0.25) is 9.69 Å². The van der Waals surface area contributed by atoms with Crippen molar-refractivity contribution in [3.05, 3.63) is 48.3 Å². The summed E-state index contributed by atoms with van der Waals surface area (Å²) < 4.78 is 7.25. The van der Waals surface area contributed by atoms with Gasteiger partial charge in [0.25, 0.3) is 0 Å². The first-order chi connectivity index (χ1) is 15.5. The number of guanidine groups is 1. The molecule has 1 aliphatic rings. The number of carbonyl (C=O) groups excluding carboxylic acids is 1. The Balaban J connectivity index is 0.00000385. The highest BCUT2D eigenvalue weighted by atomic mass is 127. The topological polar surface area (TPSA) is 87.0 Å². The molecule has 1 amide bonds. The summed E-state index contributed by atoms with van der Waals surface area (Å²) >= 11 is 0. The molecule has 3 rings (SSSR count). The van der Waals surface area contributed by atoms with Gasteiger partial charge < -0.3 is 20.3 Å². The molecule has 33 heavy (non-hydrogen) atoms. The summed E-state index contributed by atoms with van der Waals surface area (Å²) in [6, 6.07) is 10.1. The molecule has 1 aromatic heterocycles. The van der Waals surface area contributed by atoms with E-state index < -0.39 is 0 Å². The van der Waals surface area contributed by atoms with Crippen molar-refractivity contribution in [1.29, 1.82) is 0 Å². The number of aromatic nitrogens is 2. The Morgan fingerprint density at radius 3 is 2.76 bits per heavy atom. The standard InChI is InChI=1S/C23H35N7O2.HI/c1-19(20-7-4-8-21(17-20)30-12-6-10-26-30)27-23(25-18-22(31)28(2)3)24-9-5-11-29-13-15-32-16-14-29;/h4,6-8,10,12,17,19H,5,9,11,13-16,18H2,1-3H3,(H2,24,25,27);1H. The minimum absolute atomic E-state index is 0. The first kappa shape index (κ1) is 27.1. The number of nitrogens with one attached hydrogen (secondary N) is 2. The molecular weight excluding hydrogens is 533 g/mol. The lowest BCUT2D eigenvalue weighted by Gasteiger charge is -2.26. The lowest BCUT2D eigenvalue weighted by Crippen LogP contribution is -2.42. The summed E-state index contributed by atoms with van der Waals surface area (Å²) in [6.07, 6.45) is 4.68. The van der Waals surface area contributed by atoms with Gasteiger partial charge in [0, 0.05) is 46.1 Å². The van der Waals surface area contributed by atoms with E-state index >= 15 is 0 Å². The fraction of sp³-hybridized carbons (Fsp3) is 0.522. The van der Waals surface area contributed by atoms with Gasteiger partial charge in [0.2, 0.25) is 5.91 Å². The van der Waals surface area contributed by atoms with Crippen molar-refractivity contribution in [1.82, 2.24) is 30.2 Å². The lowest BCUT2D eigenvalue weighted by molar-refractivity contribution is -0.127. The molecule has 182 valence electrons. The average Bonchev–Trinajstić information content (AvgIpc) is 3.35. The van der Waals surface area contributed by atoms with Crippen molar-refractivity contribution in [2.24, 2.45) is 4.99 Å². The van der Waals surface area contributed by atoms with Gasteiger partial charge in [0.1, 0.15) is 6.54 Å². The number of morpholine rings is 1. The van der Waals surface area contributed by atoms with Crippen molar-refractivity contribution < 1.29 is 9.53 Å². The van der Waals surface area contributed by atoms with Crippen molar-refractivity contribution in [3.63, 3.8) is 0 Å². The molecule has 1 unspecified atom stereocenters. The van der Waals surface area contributed by atoms with E-state index in [1.165, 1.54) is 0 Å². The molecule has 1 aliphatic heterocycles. The van der Waals surface area contributed by atoms with Gasteiger partial charge >= 0.3 is 0 Å². The van der Waals surface area contributed by atoms with Crippen molar-refractivity contribution >= 4 is 35.8 Å². The van der Waals surface area contributed by atoms with E-state index in [0.717, 1.165) is 57.1 Å². The number of hydrogen-bond donors (Lipinski definition) is 2. The van der Waals surface area contributed by atoms with Crippen molar-refractivity contribution in [2.45, 2.75) is 19.4 Å². The van der Waals surface area contributed by atoms with Gasteiger partial charge in [-0.1, -0.05) is 12.1 Å². The molecule has 1 aromatic carbocycles. The third kappa shape index (κ3) is 8.94. The molecule has 2 aromatic rings. The average molecular weight is 569 g/mol. The quantitative estimate of drug-likeness (QED) is 0.208. The highest BCUT2D eigenvalue weighted by Crippen LogP contribution is 2.16. The number of carbonyl (C=O) groups is 1. The number of likely N-dealkylation sites (N-methyl/N-ethyl adjacent to an activating group) is 1. The van der Waals surface area contributed by atoms with E-state index in [4.69, 9.17) is 4.74 Å². The first-order valence-electron chi connectivity index (χ1n) is 11.2. The zero-order valence-corrected chi connectivity index (χ0v) is 22.1. The Morgan fingerprint density at radius 2 is 2.06 bits per heavy atom. The molecule has 0 saturated carbocycles. The molecule has 10 heteroatoms. The third-order valence-electron chi connectivity index (χ3n) is 5.41. The summed E-state index contributed by atoms with van der Waals surface area (Å²) in [4.78, 5) is 20.5. The molecule has 2 heterocycles. The summed E-state index contributed by atoms with van der Waals surface area (Å²) in [5, 5.41) is 11.1. The Morgan fingerprint density at radius 1 is 1.27 bits per heavy atom. The van der Waals surface area contributed by atoms with Crippen LogP contribution < -0.4 is 10.6 Å². The van der Waals surface area contributed by atoms with Crippen LogP contribution in [0, 0.1) is 0 Å². The Hall–Kier alpha value is -2.18. The molecule has 9 nitrogen and oxygen atoms in total. The van der Waals surface area contributed by atoms with Gasteiger partial charge in [-0.25, -0.2) is 9.67 Å². The van der Waals surface area contributed by atoms with Crippen LogP contribution >= 0.6 is 24.0 Å². The van der Waals surface area contributed by atoms with Crippen LogP contribution in [0.2, 0.25) is 0 Å². The minimum atomic E-state index is -0.0345. The molecule has 1 fully saturated rings. The number of amides is 1. The van der Waals surface area contributed by atoms with Crippen LogP contribution in [0.5, 0.6) is 0 Å². The van der Waals surface area contributed by atoms with Crippen molar-refractivity contribution in [3.8, 4) is 5.69 Å². The highest BCUT2D eigenvalue weighted by molar-refractivity contribution is 14.0. The second-order valence-electron chi connectivity index (χ2n) is 8.10. The van der Waals surface area contributed by atoms with Crippen LogP contribution in [0.3, 0.4) is 0 Å². The van der Waals surface area contributed by atoms with Crippen LogP contribution in [0.25, 0.3) is 5.69 Å². The normalized spacial score (nSPS) is 15.4. The Bertz CT molecular complexity index is 867. The fourth-order valence-electron chi connectivity index (χ4n) is 3.42.